The van der Waals surface area contributed by atoms with Crippen LogP contribution in [0.4, 0.5) is 11.4 Å². The molecule has 2 aromatic rings. The number of anilines is 2. The summed E-state index contributed by atoms with van der Waals surface area (Å²) in [5.74, 6) is 0. The summed E-state index contributed by atoms with van der Waals surface area (Å²) in [4.78, 5) is 2.12. The van der Waals surface area contributed by atoms with Crippen molar-refractivity contribution in [2.75, 3.05) is 4.90 Å². The standard InChI is InChI=1S/C18H20BNO2/c1-15(19(21)22)13-14-16(2)20(17-9-5-3-6-10-17)18-11-7-4-8-12-18/h3-14,21-22H,1-2H3/b15-13+,16-14+. The van der Waals surface area contributed by atoms with Crippen LogP contribution >= 0.6 is 0 Å². The molecule has 2 rings (SSSR count). The number of para-hydroxylation sites is 2. The lowest BCUT2D eigenvalue weighted by molar-refractivity contribution is 0.419. The van der Waals surface area contributed by atoms with Crippen molar-refractivity contribution in [3.8, 4) is 0 Å². The minimum Gasteiger partial charge on any atom is -0.423 e. The van der Waals surface area contributed by atoms with Crippen LogP contribution in [0.5, 0.6) is 0 Å². The van der Waals surface area contributed by atoms with Gasteiger partial charge in [0.2, 0.25) is 0 Å². The molecular weight excluding hydrogens is 273 g/mol. The molecule has 0 spiro atoms. The maximum Gasteiger partial charge on any atom is 0.483 e. The average Bonchev–Trinajstić information content (AvgIpc) is 2.54. The van der Waals surface area contributed by atoms with Crippen molar-refractivity contribution in [3.63, 3.8) is 0 Å². The summed E-state index contributed by atoms with van der Waals surface area (Å²) in [6.07, 6.45) is 3.60. The Bertz CT molecular complexity index is 612. The molecule has 0 saturated carbocycles. The zero-order valence-corrected chi connectivity index (χ0v) is 12.8. The first kappa shape index (κ1) is 16.1. The normalized spacial score (nSPS) is 12.2. The first-order valence-electron chi connectivity index (χ1n) is 7.21. The van der Waals surface area contributed by atoms with Crippen LogP contribution in [-0.4, -0.2) is 17.2 Å². The van der Waals surface area contributed by atoms with Gasteiger partial charge in [0.15, 0.2) is 0 Å². The van der Waals surface area contributed by atoms with Gasteiger partial charge in [0.25, 0.3) is 0 Å². The van der Waals surface area contributed by atoms with Crippen molar-refractivity contribution in [2.45, 2.75) is 13.8 Å². The van der Waals surface area contributed by atoms with Crippen molar-refractivity contribution >= 4 is 18.5 Å². The molecule has 3 nitrogen and oxygen atoms in total. The number of hydrogen-bond donors (Lipinski definition) is 2. The fourth-order valence-electron chi connectivity index (χ4n) is 2.12. The van der Waals surface area contributed by atoms with E-state index in [-0.39, 0.29) is 0 Å². The number of allylic oxidation sites excluding steroid dienone is 4. The molecule has 0 radical (unpaired) electrons. The van der Waals surface area contributed by atoms with Gasteiger partial charge in [0.1, 0.15) is 0 Å². The summed E-state index contributed by atoms with van der Waals surface area (Å²) >= 11 is 0. The number of benzene rings is 2. The molecular formula is C18H20BNO2. The van der Waals surface area contributed by atoms with E-state index in [1.807, 2.05) is 73.7 Å². The van der Waals surface area contributed by atoms with Gasteiger partial charge >= 0.3 is 7.12 Å². The largest absolute Gasteiger partial charge is 0.483 e. The molecule has 0 fully saturated rings. The van der Waals surface area contributed by atoms with Crippen molar-refractivity contribution < 1.29 is 10.0 Å². The number of rotatable bonds is 5. The quantitative estimate of drug-likeness (QED) is 0.652. The van der Waals surface area contributed by atoms with Crippen molar-refractivity contribution in [1.82, 2.24) is 0 Å². The third-order valence-electron chi connectivity index (χ3n) is 3.38. The average molecular weight is 293 g/mol. The molecule has 4 heteroatoms. The van der Waals surface area contributed by atoms with Crippen LogP contribution in [0.15, 0.2) is 84.0 Å². The van der Waals surface area contributed by atoms with E-state index in [4.69, 9.17) is 10.0 Å². The molecule has 0 saturated heterocycles. The highest BCUT2D eigenvalue weighted by atomic mass is 16.4. The molecule has 0 aliphatic heterocycles. The van der Waals surface area contributed by atoms with Crippen molar-refractivity contribution in [3.05, 3.63) is 84.0 Å². The molecule has 0 amide bonds. The second kappa shape index (κ2) is 7.64. The molecule has 0 bridgehead atoms. The topological polar surface area (TPSA) is 43.7 Å². The Kier molecular flexibility index (Phi) is 5.58. The highest BCUT2D eigenvalue weighted by Crippen LogP contribution is 2.29. The summed E-state index contributed by atoms with van der Waals surface area (Å²) in [5.41, 5.74) is 3.59. The van der Waals surface area contributed by atoms with Gasteiger partial charge in [-0.3, -0.25) is 0 Å². The number of nitrogens with zero attached hydrogens (tertiary/aromatic N) is 1. The van der Waals surface area contributed by atoms with Crippen LogP contribution in [0, 0.1) is 0 Å². The first-order valence-corrected chi connectivity index (χ1v) is 7.21. The summed E-state index contributed by atoms with van der Waals surface area (Å²) in [6, 6.07) is 20.1. The summed E-state index contributed by atoms with van der Waals surface area (Å²) in [6.45, 7) is 3.68. The Morgan fingerprint density at radius 3 is 1.68 bits per heavy atom. The Morgan fingerprint density at radius 1 is 0.818 bits per heavy atom. The van der Waals surface area contributed by atoms with Gasteiger partial charge in [-0.15, -0.1) is 0 Å². The second-order valence-electron chi connectivity index (χ2n) is 5.10. The van der Waals surface area contributed by atoms with Crippen molar-refractivity contribution in [1.29, 1.82) is 0 Å². The lowest BCUT2D eigenvalue weighted by atomic mass is 9.80. The maximum absolute atomic E-state index is 9.15. The van der Waals surface area contributed by atoms with Gasteiger partial charge < -0.3 is 14.9 Å². The zero-order chi connectivity index (χ0) is 15.9. The van der Waals surface area contributed by atoms with Crippen LogP contribution in [0.1, 0.15) is 13.8 Å². The molecule has 0 aliphatic carbocycles. The fraction of sp³-hybridized carbons (Fsp3) is 0.111. The first-order chi connectivity index (χ1) is 10.6. The number of hydrogen-bond acceptors (Lipinski definition) is 3. The molecule has 2 N–H and O–H groups in total. The van der Waals surface area contributed by atoms with E-state index in [1.54, 1.807) is 13.0 Å². The van der Waals surface area contributed by atoms with Gasteiger partial charge in [-0.05, 0) is 49.7 Å². The Morgan fingerprint density at radius 2 is 1.27 bits per heavy atom. The Balaban J connectivity index is 2.42. The lowest BCUT2D eigenvalue weighted by Gasteiger charge is -2.25. The van der Waals surface area contributed by atoms with Crippen LogP contribution in [0.2, 0.25) is 0 Å². The predicted octanol–water partition coefficient (Wildman–Crippen LogP) is 3.69. The maximum atomic E-state index is 9.15. The summed E-state index contributed by atoms with van der Waals surface area (Å²) in [7, 11) is -1.43. The van der Waals surface area contributed by atoms with E-state index in [0.717, 1.165) is 17.1 Å². The van der Waals surface area contributed by atoms with E-state index in [9.17, 15) is 0 Å². The molecule has 0 aliphatic rings. The molecule has 112 valence electrons. The summed E-state index contributed by atoms with van der Waals surface area (Å²) in [5, 5.41) is 18.3. The monoisotopic (exact) mass is 293 g/mol. The van der Waals surface area contributed by atoms with E-state index in [0.29, 0.717) is 5.47 Å². The lowest BCUT2D eigenvalue weighted by Crippen LogP contribution is -2.15. The van der Waals surface area contributed by atoms with Gasteiger partial charge in [-0.1, -0.05) is 42.5 Å². The van der Waals surface area contributed by atoms with Gasteiger partial charge in [-0.2, -0.15) is 0 Å². The van der Waals surface area contributed by atoms with Crippen LogP contribution in [-0.2, 0) is 0 Å². The third kappa shape index (κ3) is 4.10. The molecule has 0 atom stereocenters. The van der Waals surface area contributed by atoms with Gasteiger partial charge in [0.05, 0.1) is 0 Å². The zero-order valence-electron chi connectivity index (χ0n) is 12.8. The Labute approximate surface area is 132 Å². The fourth-order valence-corrected chi connectivity index (χ4v) is 2.12. The van der Waals surface area contributed by atoms with E-state index >= 15 is 0 Å². The van der Waals surface area contributed by atoms with Crippen LogP contribution in [0.25, 0.3) is 0 Å². The minimum absolute atomic E-state index is 0.500. The second-order valence-corrected chi connectivity index (χ2v) is 5.10. The predicted molar refractivity (Wildman–Crippen MR) is 92.7 cm³/mol. The Hall–Kier alpha value is -2.30. The molecule has 0 unspecified atom stereocenters. The van der Waals surface area contributed by atoms with Crippen LogP contribution < -0.4 is 4.90 Å². The van der Waals surface area contributed by atoms with E-state index in [1.165, 1.54) is 0 Å². The summed E-state index contributed by atoms with van der Waals surface area (Å²) < 4.78 is 0. The molecule has 0 heterocycles. The van der Waals surface area contributed by atoms with Crippen LogP contribution in [0.3, 0.4) is 0 Å². The van der Waals surface area contributed by atoms with E-state index in [2.05, 4.69) is 4.90 Å². The van der Waals surface area contributed by atoms with E-state index < -0.39 is 7.12 Å². The highest BCUT2D eigenvalue weighted by molar-refractivity contribution is 6.50. The van der Waals surface area contributed by atoms with Gasteiger partial charge in [0, 0.05) is 17.1 Å². The molecule has 0 aromatic heterocycles. The van der Waals surface area contributed by atoms with Gasteiger partial charge in [-0.25, -0.2) is 0 Å². The minimum atomic E-state index is -1.43. The molecule has 22 heavy (non-hydrogen) atoms. The molecule has 2 aromatic carbocycles. The third-order valence-corrected chi connectivity index (χ3v) is 3.38. The SMILES string of the molecule is C/C(=C\C=C(/C)N(c1ccccc1)c1ccccc1)B(O)O. The highest BCUT2D eigenvalue weighted by Gasteiger charge is 2.11. The van der Waals surface area contributed by atoms with Crippen molar-refractivity contribution in [2.24, 2.45) is 0 Å². The smallest absolute Gasteiger partial charge is 0.423 e.